The van der Waals surface area contributed by atoms with Gasteiger partial charge in [0.05, 0.1) is 0 Å². The Labute approximate surface area is 237 Å². The van der Waals surface area contributed by atoms with Gasteiger partial charge in [-0.3, -0.25) is 0 Å². The molecule has 0 aliphatic heterocycles. The van der Waals surface area contributed by atoms with Crippen LogP contribution in [0.5, 0.6) is 0 Å². The van der Waals surface area contributed by atoms with Gasteiger partial charge in [-0.05, 0) is 95.3 Å². The highest BCUT2D eigenvalue weighted by Crippen LogP contribution is 2.44. The van der Waals surface area contributed by atoms with Crippen molar-refractivity contribution in [2.24, 2.45) is 0 Å². The smallest absolute Gasteiger partial charge is 0.0464 e. The van der Waals surface area contributed by atoms with Crippen LogP contribution in [0.25, 0.3) is 33.4 Å². The monoisotopic (exact) mass is 516 g/mol. The van der Waals surface area contributed by atoms with E-state index in [0.717, 1.165) is 56.1 Å². The molecule has 0 atom stereocenters. The van der Waals surface area contributed by atoms with Gasteiger partial charge < -0.3 is 10.6 Å². The number of aryl methyl sites for hydroxylation is 2. The van der Waals surface area contributed by atoms with Crippen molar-refractivity contribution in [2.75, 3.05) is 10.6 Å². The molecular weight excluding hydrogens is 484 g/mol. The average molecular weight is 517 g/mol. The molecule has 194 valence electrons. The van der Waals surface area contributed by atoms with Crippen LogP contribution in [0.1, 0.15) is 11.1 Å². The van der Waals surface area contributed by atoms with E-state index in [2.05, 4.69) is 152 Å². The fourth-order valence-electron chi connectivity index (χ4n) is 5.45. The van der Waals surface area contributed by atoms with Gasteiger partial charge in [-0.25, -0.2) is 0 Å². The molecule has 0 saturated heterocycles. The Morgan fingerprint density at radius 1 is 0.425 bits per heavy atom. The molecule has 0 heterocycles. The van der Waals surface area contributed by atoms with Crippen molar-refractivity contribution in [2.45, 2.75) is 13.8 Å². The molecule has 0 aliphatic rings. The maximum absolute atomic E-state index is 6.65. The lowest BCUT2D eigenvalue weighted by Crippen LogP contribution is -2.10. The first-order valence-electron chi connectivity index (χ1n) is 13.7. The Balaban J connectivity index is 1.50. The molecule has 6 aromatic rings. The van der Waals surface area contributed by atoms with Crippen molar-refractivity contribution in [1.82, 2.24) is 0 Å². The van der Waals surface area contributed by atoms with E-state index < -0.39 is 0 Å². The molecule has 0 amide bonds. The summed E-state index contributed by atoms with van der Waals surface area (Å²) in [4.78, 5) is 2.32. The summed E-state index contributed by atoms with van der Waals surface area (Å²) in [5.74, 6) is 0. The minimum atomic E-state index is 0.774. The van der Waals surface area contributed by atoms with Crippen LogP contribution < -0.4 is 10.6 Å². The van der Waals surface area contributed by atoms with Gasteiger partial charge in [0, 0.05) is 28.3 Å². The van der Waals surface area contributed by atoms with E-state index >= 15 is 0 Å². The zero-order valence-electron chi connectivity index (χ0n) is 22.9. The van der Waals surface area contributed by atoms with Crippen molar-refractivity contribution in [3.63, 3.8) is 0 Å². The van der Waals surface area contributed by atoms with Crippen LogP contribution in [0.4, 0.5) is 22.7 Å². The van der Waals surface area contributed by atoms with Crippen molar-refractivity contribution < 1.29 is 0 Å². The van der Waals surface area contributed by atoms with Crippen LogP contribution in [-0.4, -0.2) is 0 Å². The molecular formula is C38H32N2. The highest BCUT2D eigenvalue weighted by molar-refractivity contribution is 5.99. The van der Waals surface area contributed by atoms with Crippen molar-refractivity contribution >= 4 is 22.7 Å². The van der Waals surface area contributed by atoms with E-state index in [1.165, 1.54) is 11.1 Å². The van der Waals surface area contributed by atoms with Gasteiger partial charge in [0.2, 0.25) is 0 Å². The standard InChI is InChI=1S/C38H32N2/c1-27-11-9-17-33(25-27)40(34-18-10-12-28(2)26-34)32-21-19-29(20-22-32)35-23-24-36(39)38(31-15-7-4-8-16-31)37(35)30-13-5-3-6-14-30/h3-26H,39H2,1-2H3. The van der Waals surface area contributed by atoms with Crippen molar-refractivity contribution in [3.05, 3.63) is 157 Å². The first-order chi connectivity index (χ1) is 19.6. The summed E-state index contributed by atoms with van der Waals surface area (Å²) in [5.41, 5.74) is 20.1. The number of nitrogens with zero attached hydrogens (tertiary/aromatic N) is 1. The molecule has 0 unspecified atom stereocenters. The van der Waals surface area contributed by atoms with Crippen LogP contribution >= 0.6 is 0 Å². The van der Waals surface area contributed by atoms with Gasteiger partial charge in [-0.15, -0.1) is 0 Å². The number of nitrogen functional groups attached to an aromatic ring is 1. The predicted molar refractivity (Wildman–Crippen MR) is 171 cm³/mol. The molecule has 2 N–H and O–H groups in total. The Hall–Kier alpha value is -5.08. The van der Waals surface area contributed by atoms with Gasteiger partial charge in [0.15, 0.2) is 0 Å². The Morgan fingerprint density at radius 2 is 0.950 bits per heavy atom. The molecule has 2 nitrogen and oxygen atoms in total. The van der Waals surface area contributed by atoms with Crippen LogP contribution in [-0.2, 0) is 0 Å². The van der Waals surface area contributed by atoms with Crippen molar-refractivity contribution in [1.29, 1.82) is 0 Å². The number of nitrogens with two attached hydrogens (primary N) is 1. The molecule has 0 radical (unpaired) electrons. The third-order valence-electron chi connectivity index (χ3n) is 7.32. The number of benzene rings is 6. The maximum atomic E-state index is 6.65. The molecule has 6 aromatic carbocycles. The van der Waals surface area contributed by atoms with Crippen LogP contribution in [0.3, 0.4) is 0 Å². The average Bonchev–Trinajstić information content (AvgIpc) is 2.99. The van der Waals surface area contributed by atoms with Gasteiger partial charge in [0.25, 0.3) is 0 Å². The summed E-state index contributed by atoms with van der Waals surface area (Å²) in [6.45, 7) is 4.27. The quantitative estimate of drug-likeness (QED) is 0.223. The largest absolute Gasteiger partial charge is 0.398 e. The molecule has 2 heteroatoms. The minimum Gasteiger partial charge on any atom is -0.398 e. The van der Waals surface area contributed by atoms with Crippen molar-refractivity contribution in [3.8, 4) is 33.4 Å². The van der Waals surface area contributed by atoms with Crippen LogP contribution in [0.2, 0.25) is 0 Å². The third kappa shape index (κ3) is 5.00. The third-order valence-corrected chi connectivity index (χ3v) is 7.32. The molecule has 0 spiro atoms. The fraction of sp³-hybridized carbons (Fsp3) is 0.0526. The Kier molecular flexibility index (Phi) is 6.91. The molecule has 6 rings (SSSR count). The second-order valence-electron chi connectivity index (χ2n) is 10.2. The molecule has 0 aliphatic carbocycles. The Bertz CT molecular complexity index is 1710. The van der Waals surface area contributed by atoms with Crippen LogP contribution in [0, 0.1) is 13.8 Å². The molecule has 0 aromatic heterocycles. The van der Waals surface area contributed by atoms with Gasteiger partial charge >= 0.3 is 0 Å². The maximum Gasteiger partial charge on any atom is 0.0464 e. The highest BCUT2D eigenvalue weighted by Gasteiger charge is 2.18. The first kappa shape index (κ1) is 25.2. The lowest BCUT2D eigenvalue weighted by atomic mass is 9.86. The summed E-state index contributed by atoms with van der Waals surface area (Å²) >= 11 is 0. The van der Waals surface area contributed by atoms with E-state index in [-0.39, 0.29) is 0 Å². The topological polar surface area (TPSA) is 29.3 Å². The summed E-state index contributed by atoms with van der Waals surface area (Å²) in [7, 11) is 0. The summed E-state index contributed by atoms with van der Waals surface area (Å²) < 4.78 is 0. The minimum absolute atomic E-state index is 0.774. The normalized spacial score (nSPS) is 10.8. The van der Waals surface area contributed by atoms with E-state index in [9.17, 15) is 0 Å². The molecule has 40 heavy (non-hydrogen) atoms. The predicted octanol–water partition coefficient (Wildman–Crippen LogP) is 10.4. The number of hydrogen-bond acceptors (Lipinski definition) is 2. The van der Waals surface area contributed by atoms with E-state index in [1.807, 2.05) is 12.1 Å². The zero-order valence-corrected chi connectivity index (χ0v) is 22.9. The molecule has 0 saturated carbocycles. The lowest BCUT2D eigenvalue weighted by molar-refractivity contribution is 1.26. The first-order valence-corrected chi connectivity index (χ1v) is 13.7. The van der Waals surface area contributed by atoms with Gasteiger partial charge in [-0.1, -0.05) is 103 Å². The molecule has 0 fully saturated rings. The molecule has 0 bridgehead atoms. The van der Waals surface area contributed by atoms with E-state index in [0.29, 0.717) is 0 Å². The van der Waals surface area contributed by atoms with Gasteiger partial charge in [0.1, 0.15) is 0 Å². The fourth-order valence-corrected chi connectivity index (χ4v) is 5.45. The zero-order chi connectivity index (χ0) is 27.5. The lowest BCUT2D eigenvalue weighted by Gasteiger charge is -2.26. The summed E-state index contributed by atoms with van der Waals surface area (Å²) in [6.07, 6.45) is 0. The highest BCUT2D eigenvalue weighted by atomic mass is 15.1. The van der Waals surface area contributed by atoms with E-state index in [4.69, 9.17) is 5.73 Å². The second kappa shape index (κ2) is 11.0. The van der Waals surface area contributed by atoms with Crippen LogP contribution in [0.15, 0.2) is 146 Å². The van der Waals surface area contributed by atoms with E-state index in [1.54, 1.807) is 0 Å². The number of rotatable bonds is 6. The summed E-state index contributed by atoms with van der Waals surface area (Å²) in [5, 5.41) is 0. The number of hydrogen-bond donors (Lipinski definition) is 1. The second-order valence-corrected chi connectivity index (χ2v) is 10.2. The summed E-state index contributed by atoms with van der Waals surface area (Å²) in [6, 6.07) is 51.4. The van der Waals surface area contributed by atoms with Gasteiger partial charge in [-0.2, -0.15) is 0 Å². The Morgan fingerprint density at radius 3 is 1.48 bits per heavy atom. The number of anilines is 4. The SMILES string of the molecule is Cc1cccc(N(c2ccc(-c3ccc(N)c(-c4ccccc4)c3-c3ccccc3)cc2)c2cccc(C)c2)c1.